The lowest BCUT2D eigenvalue weighted by molar-refractivity contribution is 0.219. The van der Waals surface area contributed by atoms with Crippen LogP contribution in [-0.2, 0) is 0 Å². The number of aryl methyl sites for hydroxylation is 1. The van der Waals surface area contributed by atoms with Gasteiger partial charge < -0.3 is 10.4 Å². The monoisotopic (exact) mass is 439 g/mol. The van der Waals surface area contributed by atoms with Crippen molar-refractivity contribution in [2.24, 2.45) is 0 Å². The number of aromatic nitrogens is 2. The van der Waals surface area contributed by atoms with Gasteiger partial charge in [0.15, 0.2) is 5.43 Å². The van der Waals surface area contributed by atoms with E-state index in [4.69, 9.17) is 4.98 Å². The average molecular weight is 440 g/mol. The second-order valence-electron chi connectivity index (χ2n) is 7.55. The Morgan fingerprint density at radius 1 is 1.00 bits per heavy atom. The molecular formula is C26H21N3O2S. The highest BCUT2D eigenvalue weighted by Crippen LogP contribution is 2.30. The number of hydrogen-bond acceptors (Lipinski definition) is 5. The number of nitrogens with zero attached hydrogens (tertiary/aromatic N) is 2. The predicted octanol–water partition coefficient (Wildman–Crippen LogP) is 5.58. The topological polar surface area (TPSA) is 67.2 Å². The zero-order valence-corrected chi connectivity index (χ0v) is 18.2. The number of thiophene rings is 1. The Hall–Kier alpha value is -3.74. The summed E-state index contributed by atoms with van der Waals surface area (Å²) in [5, 5.41) is 18.5. The van der Waals surface area contributed by atoms with Crippen LogP contribution in [0.3, 0.4) is 0 Å². The minimum Gasteiger partial charge on any atom is -0.384 e. The molecule has 0 fully saturated rings. The van der Waals surface area contributed by atoms with Gasteiger partial charge in [0.1, 0.15) is 17.6 Å². The lowest BCUT2D eigenvalue weighted by Gasteiger charge is -2.20. The highest BCUT2D eigenvalue weighted by Gasteiger charge is 2.19. The maximum atomic E-state index is 13.2. The molecule has 1 unspecified atom stereocenters. The summed E-state index contributed by atoms with van der Waals surface area (Å²) in [6.07, 6.45) is -0.829. The van der Waals surface area contributed by atoms with Gasteiger partial charge in [0.2, 0.25) is 0 Å². The summed E-state index contributed by atoms with van der Waals surface area (Å²) in [5.41, 5.74) is 4.25. The van der Waals surface area contributed by atoms with E-state index >= 15 is 0 Å². The van der Waals surface area contributed by atoms with Crippen molar-refractivity contribution in [1.82, 2.24) is 9.55 Å². The fourth-order valence-electron chi connectivity index (χ4n) is 3.83. The van der Waals surface area contributed by atoms with Gasteiger partial charge in [0.05, 0.1) is 5.39 Å². The van der Waals surface area contributed by atoms with E-state index in [0.717, 1.165) is 16.9 Å². The number of hydrogen-bond donors (Lipinski definition) is 2. The molecule has 5 rings (SSSR count). The van der Waals surface area contributed by atoms with Gasteiger partial charge in [-0.25, -0.2) is 4.98 Å². The molecule has 3 heterocycles. The number of anilines is 2. The molecule has 0 aliphatic heterocycles. The van der Waals surface area contributed by atoms with E-state index in [-0.39, 0.29) is 5.43 Å². The first-order valence-electron chi connectivity index (χ1n) is 10.3. The Balaban J connectivity index is 1.75. The zero-order chi connectivity index (χ0) is 22.1. The van der Waals surface area contributed by atoms with Crippen LogP contribution in [0.4, 0.5) is 11.5 Å². The van der Waals surface area contributed by atoms with E-state index in [2.05, 4.69) is 5.32 Å². The van der Waals surface area contributed by atoms with Gasteiger partial charge in [-0.15, -0.1) is 0 Å². The smallest absolute Gasteiger partial charge is 0.193 e. The summed E-state index contributed by atoms with van der Waals surface area (Å²) in [6.45, 7) is 1.86. The number of nitrogens with one attached hydrogen (secondary N) is 1. The predicted molar refractivity (Wildman–Crippen MR) is 130 cm³/mol. The molecular weight excluding hydrogens is 418 g/mol. The third kappa shape index (κ3) is 3.70. The number of benzene rings is 2. The summed E-state index contributed by atoms with van der Waals surface area (Å²) in [5.74, 6) is 0.623. The summed E-state index contributed by atoms with van der Waals surface area (Å²) in [7, 11) is 0. The highest BCUT2D eigenvalue weighted by atomic mass is 32.1. The third-order valence-electron chi connectivity index (χ3n) is 5.43. The van der Waals surface area contributed by atoms with Crippen LogP contribution in [0.25, 0.3) is 16.7 Å². The van der Waals surface area contributed by atoms with Gasteiger partial charge in [-0.2, -0.15) is 11.3 Å². The van der Waals surface area contributed by atoms with Crippen LogP contribution in [0.1, 0.15) is 22.9 Å². The highest BCUT2D eigenvalue weighted by molar-refractivity contribution is 7.08. The van der Waals surface area contributed by atoms with Gasteiger partial charge in [0, 0.05) is 28.7 Å². The first kappa shape index (κ1) is 20.2. The number of aliphatic hydroxyl groups is 1. The van der Waals surface area contributed by atoms with Crippen molar-refractivity contribution < 1.29 is 5.11 Å². The molecule has 32 heavy (non-hydrogen) atoms. The Labute approximate surface area is 189 Å². The summed E-state index contributed by atoms with van der Waals surface area (Å²) in [6, 6.07) is 24.8. The van der Waals surface area contributed by atoms with Crippen LogP contribution >= 0.6 is 11.3 Å². The first-order chi connectivity index (χ1) is 15.6. The zero-order valence-electron chi connectivity index (χ0n) is 17.4. The van der Waals surface area contributed by atoms with Crippen molar-refractivity contribution in [1.29, 1.82) is 0 Å². The van der Waals surface area contributed by atoms with Gasteiger partial charge >= 0.3 is 0 Å². The fourth-order valence-corrected chi connectivity index (χ4v) is 4.51. The second-order valence-corrected chi connectivity index (χ2v) is 8.33. The summed E-state index contributed by atoms with van der Waals surface area (Å²) in [4.78, 5) is 18.0. The lowest BCUT2D eigenvalue weighted by atomic mass is 10.0. The first-order valence-corrected chi connectivity index (χ1v) is 11.2. The molecule has 0 radical (unpaired) electrons. The number of para-hydroxylation sites is 2. The molecule has 3 aromatic heterocycles. The van der Waals surface area contributed by atoms with Crippen molar-refractivity contribution in [2.75, 3.05) is 5.32 Å². The van der Waals surface area contributed by atoms with E-state index in [1.807, 2.05) is 89.0 Å². The maximum Gasteiger partial charge on any atom is 0.193 e. The Bertz CT molecular complexity index is 1430. The van der Waals surface area contributed by atoms with Crippen molar-refractivity contribution in [3.63, 3.8) is 0 Å². The molecule has 158 valence electrons. The maximum absolute atomic E-state index is 13.2. The quantitative estimate of drug-likeness (QED) is 0.375. The van der Waals surface area contributed by atoms with E-state index < -0.39 is 6.10 Å². The molecule has 6 heteroatoms. The molecule has 5 aromatic rings. The Morgan fingerprint density at radius 2 is 1.72 bits per heavy atom. The molecule has 0 saturated heterocycles. The molecule has 0 bridgehead atoms. The Kier molecular flexibility index (Phi) is 5.31. The van der Waals surface area contributed by atoms with Gasteiger partial charge in [-0.05, 0) is 59.6 Å². The van der Waals surface area contributed by atoms with Crippen molar-refractivity contribution in [3.05, 3.63) is 117 Å². The van der Waals surface area contributed by atoms with Crippen molar-refractivity contribution in [3.8, 4) is 5.69 Å². The number of pyridine rings is 2. The lowest BCUT2D eigenvalue weighted by Crippen LogP contribution is -2.15. The van der Waals surface area contributed by atoms with E-state index in [0.29, 0.717) is 28.1 Å². The molecule has 2 aromatic carbocycles. The largest absolute Gasteiger partial charge is 0.384 e. The Morgan fingerprint density at radius 3 is 2.41 bits per heavy atom. The number of rotatable bonds is 5. The molecule has 5 nitrogen and oxygen atoms in total. The molecule has 0 aliphatic carbocycles. The van der Waals surface area contributed by atoms with Crippen LogP contribution in [0.15, 0.2) is 94.4 Å². The van der Waals surface area contributed by atoms with Crippen LogP contribution < -0.4 is 10.7 Å². The normalized spacial score (nSPS) is 12.1. The third-order valence-corrected chi connectivity index (χ3v) is 6.13. The van der Waals surface area contributed by atoms with Crippen molar-refractivity contribution in [2.45, 2.75) is 13.0 Å². The fraction of sp³-hybridized carbons (Fsp3) is 0.0769. The van der Waals surface area contributed by atoms with Crippen LogP contribution in [0, 0.1) is 6.92 Å². The van der Waals surface area contributed by atoms with Crippen LogP contribution in [-0.4, -0.2) is 14.7 Å². The van der Waals surface area contributed by atoms with Gasteiger partial charge in [-0.1, -0.05) is 36.4 Å². The van der Waals surface area contributed by atoms with E-state index in [1.165, 1.54) is 11.3 Å². The van der Waals surface area contributed by atoms with Gasteiger partial charge in [-0.3, -0.25) is 9.36 Å². The SMILES string of the molecule is Cc1nc2c(cc1C(O)c1ccsc1)c(=O)cc(Nc1ccccc1)n2-c1ccccc1. The van der Waals surface area contributed by atoms with E-state index in [9.17, 15) is 9.90 Å². The van der Waals surface area contributed by atoms with Gasteiger partial charge in [0.25, 0.3) is 0 Å². The minimum absolute atomic E-state index is 0.156. The number of aliphatic hydroxyl groups excluding tert-OH is 1. The average Bonchev–Trinajstić information content (AvgIpc) is 3.35. The van der Waals surface area contributed by atoms with Crippen LogP contribution in [0.2, 0.25) is 0 Å². The van der Waals surface area contributed by atoms with Crippen LogP contribution in [0.5, 0.6) is 0 Å². The van der Waals surface area contributed by atoms with Crippen molar-refractivity contribution >= 4 is 33.9 Å². The molecule has 0 amide bonds. The molecule has 0 spiro atoms. The van der Waals surface area contributed by atoms with E-state index in [1.54, 1.807) is 12.1 Å². The second kappa shape index (κ2) is 8.42. The number of fused-ring (bicyclic) bond motifs is 1. The molecule has 2 N–H and O–H groups in total. The summed E-state index contributed by atoms with van der Waals surface area (Å²) >= 11 is 1.52. The summed E-state index contributed by atoms with van der Waals surface area (Å²) < 4.78 is 1.94. The molecule has 1 atom stereocenters. The molecule has 0 saturated carbocycles. The molecule has 0 aliphatic rings. The minimum atomic E-state index is -0.829. The standard InChI is InChI=1S/C26H21N3O2S/c1-17-21(25(31)18-12-13-32-16-18)14-22-23(30)15-24(28-19-8-4-2-5-9-19)29(26(22)27-17)20-10-6-3-7-11-20/h2-16,25,28,31H,1H3.